The van der Waals surface area contributed by atoms with Gasteiger partial charge in [0.15, 0.2) is 0 Å². The van der Waals surface area contributed by atoms with Crippen molar-refractivity contribution in [2.45, 2.75) is 6.54 Å². The Labute approximate surface area is 157 Å². The molecular weight excluding hydrogens is 359 g/mol. The van der Waals surface area contributed by atoms with E-state index in [-0.39, 0.29) is 5.91 Å². The van der Waals surface area contributed by atoms with Crippen LogP contribution in [0.5, 0.6) is 5.75 Å². The molecule has 0 aromatic heterocycles. The van der Waals surface area contributed by atoms with Crippen molar-refractivity contribution in [2.24, 2.45) is 0 Å². The van der Waals surface area contributed by atoms with E-state index in [4.69, 9.17) is 27.9 Å². The Kier molecular flexibility index (Phi) is 5.84. The van der Waals surface area contributed by atoms with Crippen molar-refractivity contribution >= 4 is 29.1 Å². The monoisotopic (exact) mass is 378 g/mol. The molecule has 2 aromatic carbocycles. The van der Waals surface area contributed by atoms with Crippen molar-refractivity contribution < 1.29 is 9.53 Å². The van der Waals surface area contributed by atoms with Crippen molar-refractivity contribution in [1.29, 1.82) is 0 Å². The zero-order chi connectivity index (χ0) is 17.8. The molecule has 0 spiro atoms. The molecule has 1 aliphatic rings. The van der Waals surface area contributed by atoms with Gasteiger partial charge in [-0.25, -0.2) is 0 Å². The Morgan fingerprint density at radius 3 is 2.28 bits per heavy atom. The van der Waals surface area contributed by atoms with Crippen LogP contribution < -0.4 is 4.74 Å². The molecule has 6 heteroatoms. The van der Waals surface area contributed by atoms with E-state index < -0.39 is 0 Å². The fraction of sp³-hybridized carbons (Fsp3) is 0.316. The first kappa shape index (κ1) is 18.1. The van der Waals surface area contributed by atoms with Gasteiger partial charge < -0.3 is 9.64 Å². The zero-order valence-corrected chi connectivity index (χ0v) is 15.6. The van der Waals surface area contributed by atoms with Crippen molar-refractivity contribution in [2.75, 3.05) is 33.3 Å². The van der Waals surface area contributed by atoms with E-state index in [1.807, 2.05) is 29.2 Å². The minimum atomic E-state index is -0.0366. The quantitative estimate of drug-likeness (QED) is 0.806. The van der Waals surface area contributed by atoms with Crippen LogP contribution >= 0.6 is 23.2 Å². The van der Waals surface area contributed by atoms with Crippen LogP contribution in [0.1, 0.15) is 15.9 Å². The molecule has 25 heavy (non-hydrogen) atoms. The highest BCUT2D eigenvalue weighted by Crippen LogP contribution is 2.24. The summed E-state index contributed by atoms with van der Waals surface area (Å²) in [6.07, 6.45) is 0. The van der Waals surface area contributed by atoms with Crippen LogP contribution in [0.4, 0.5) is 0 Å². The summed E-state index contributed by atoms with van der Waals surface area (Å²) in [5.41, 5.74) is 1.74. The molecule has 1 amide bonds. The van der Waals surface area contributed by atoms with E-state index >= 15 is 0 Å². The largest absolute Gasteiger partial charge is 0.496 e. The molecule has 1 fully saturated rings. The van der Waals surface area contributed by atoms with Gasteiger partial charge in [-0.15, -0.1) is 0 Å². The van der Waals surface area contributed by atoms with Gasteiger partial charge in [-0.3, -0.25) is 9.69 Å². The van der Waals surface area contributed by atoms with E-state index in [0.29, 0.717) is 29.4 Å². The summed E-state index contributed by atoms with van der Waals surface area (Å²) in [4.78, 5) is 17.0. The third-order valence-electron chi connectivity index (χ3n) is 4.37. The molecule has 0 saturated carbocycles. The molecule has 1 heterocycles. The smallest absolute Gasteiger partial charge is 0.257 e. The molecular formula is C19H20Cl2N2O2. The van der Waals surface area contributed by atoms with Crippen LogP contribution in [0, 0.1) is 0 Å². The second-order valence-electron chi connectivity index (χ2n) is 6.04. The number of carbonyl (C=O) groups excluding carboxylic acids is 1. The molecule has 0 aliphatic carbocycles. The summed E-state index contributed by atoms with van der Waals surface area (Å²) >= 11 is 12.0. The number of amides is 1. The lowest BCUT2D eigenvalue weighted by Gasteiger charge is -2.35. The Hall–Kier alpha value is -1.75. The molecule has 0 radical (unpaired) electrons. The summed E-state index contributed by atoms with van der Waals surface area (Å²) in [7, 11) is 1.56. The van der Waals surface area contributed by atoms with Crippen LogP contribution in [0.3, 0.4) is 0 Å². The van der Waals surface area contributed by atoms with Gasteiger partial charge in [0.2, 0.25) is 0 Å². The Morgan fingerprint density at radius 1 is 1.00 bits per heavy atom. The molecule has 2 aromatic rings. The number of hydrogen-bond acceptors (Lipinski definition) is 3. The normalized spacial score (nSPS) is 15.2. The van der Waals surface area contributed by atoms with Gasteiger partial charge in [0.25, 0.3) is 5.91 Å². The average Bonchev–Trinajstić information content (AvgIpc) is 2.63. The summed E-state index contributed by atoms with van der Waals surface area (Å²) in [6.45, 7) is 3.89. The molecule has 0 bridgehead atoms. The number of nitrogens with zero attached hydrogens (tertiary/aromatic N) is 2. The highest BCUT2D eigenvalue weighted by Gasteiger charge is 2.24. The van der Waals surface area contributed by atoms with Crippen LogP contribution in [0.15, 0.2) is 42.5 Å². The van der Waals surface area contributed by atoms with Crippen LogP contribution in [0.25, 0.3) is 0 Å². The predicted octanol–water partition coefficient (Wildman–Crippen LogP) is 3.96. The third-order valence-corrected chi connectivity index (χ3v) is 4.86. The van der Waals surface area contributed by atoms with Gasteiger partial charge in [0, 0.05) is 42.8 Å². The molecule has 0 unspecified atom stereocenters. The SMILES string of the molecule is COc1ccc(Cl)cc1C(=O)N1CCN(Cc2ccc(Cl)cc2)CC1. The summed E-state index contributed by atoms with van der Waals surface area (Å²) in [5.74, 6) is 0.517. The fourth-order valence-corrected chi connectivity index (χ4v) is 3.27. The van der Waals surface area contributed by atoms with Gasteiger partial charge >= 0.3 is 0 Å². The number of hydrogen-bond donors (Lipinski definition) is 0. The van der Waals surface area contributed by atoms with E-state index in [2.05, 4.69) is 4.90 Å². The zero-order valence-electron chi connectivity index (χ0n) is 14.0. The third kappa shape index (κ3) is 4.46. The maximum atomic E-state index is 12.8. The van der Waals surface area contributed by atoms with E-state index in [1.165, 1.54) is 5.56 Å². The lowest BCUT2D eigenvalue weighted by molar-refractivity contribution is 0.0625. The molecule has 3 rings (SSSR count). The Morgan fingerprint density at radius 2 is 1.64 bits per heavy atom. The summed E-state index contributed by atoms with van der Waals surface area (Å²) in [6, 6.07) is 13.0. The van der Waals surface area contributed by atoms with E-state index in [9.17, 15) is 4.79 Å². The van der Waals surface area contributed by atoms with Crippen molar-refractivity contribution in [3.05, 3.63) is 63.6 Å². The summed E-state index contributed by atoms with van der Waals surface area (Å²) in [5, 5.41) is 1.28. The molecule has 0 atom stereocenters. The molecule has 1 saturated heterocycles. The number of methoxy groups -OCH3 is 1. The van der Waals surface area contributed by atoms with E-state index in [1.54, 1.807) is 25.3 Å². The van der Waals surface area contributed by atoms with Crippen LogP contribution in [-0.2, 0) is 6.54 Å². The second kappa shape index (κ2) is 8.09. The minimum absolute atomic E-state index is 0.0366. The fourth-order valence-electron chi connectivity index (χ4n) is 2.97. The van der Waals surface area contributed by atoms with Crippen molar-refractivity contribution in [1.82, 2.24) is 9.80 Å². The van der Waals surface area contributed by atoms with Crippen molar-refractivity contribution in [3.8, 4) is 5.75 Å². The predicted molar refractivity (Wildman–Crippen MR) is 101 cm³/mol. The molecule has 1 aliphatic heterocycles. The molecule has 132 valence electrons. The minimum Gasteiger partial charge on any atom is -0.496 e. The van der Waals surface area contributed by atoms with Gasteiger partial charge in [0.1, 0.15) is 5.75 Å². The number of ether oxygens (including phenoxy) is 1. The number of carbonyl (C=O) groups is 1. The Balaban J connectivity index is 1.61. The first-order chi connectivity index (χ1) is 12.1. The van der Waals surface area contributed by atoms with Gasteiger partial charge in [-0.2, -0.15) is 0 Å². The number of benzene rings is 2. The Bertz CT molecular complexity index is 742. The van der Waals surface area contributed by atoms with Crippen LogP contribution in [0.2, 0.25) is 10.0 Å². The maximum absolute atomic E-state index is 12.8. The standard InChI is InChI=1S/C19H20Cl2N2O2/c1-25-18-7-6-16(21)12-17(18)19(24)23-10-8-22(9-11-23)13-14-2-4-15(20)5-3-14/h2-7,12H,8-11,13H2,1H3. The van der Waals surface area contributed by atoms with Crippen molar-refractivity contribution in [3.63, 3.8) is 0 Å². The average molecular weight is 379 g/mol. The number of piperazine rings is 1. The lowest BCUT2D eigenvalue weighted by atomic mass is 10.1. The van der Waals surface area contributed by atoms with Gasteiger partial charge in [0.05, 0.1) is 12.7 Å². The first-order valence-electron chi connectivity index (χ1n) is 8.16. The number of halogens is 2. The second-order valence-corrected chi connectivity index (χ2v) is 6.91. The maximum Gasteiger partial charge on any atom is 0.257 e. The summed E-state index contributed by atoms with van der Waals surface area (Å²) < 4.78 is 5.29. The van der Waals surface area contributed by atoms with E-state index in [0.717, 1.165) is 24.7 Å². The van der Waals surface area contributed by atoms with Crippen LogP contribution in [-0.4, -0.2) is 49.0 Å². The molecule has 0 N–H and O–H groups in total. The topological polar surface area (TPSA) is 32.8 Å². The number of rotatable bonds is 4. The lowest BCUT2D eigenvalue weighted by Crippen LogP contribution is -2.48. The molecule has 4 nitrogen and oxygen atoms in total. The van der Waals surface area contributed by atoms with Gasteiger partial charge in [-0.1, -0.05) is 35.3 Å². The van der Waals surface area contributed by atoms with Gasteiger partial charge in [-0.05, 0) is 35.9 Å². The first-order valence-corrected chi connectivity index (χ1v) is 8.92. The highest BCUT2D eigenvalue weighted by atomic mass is 35.5. The highest BCUT2D eigenvalue weighted by molar-refractivity contribution is 6.31.